The molecule has 1 saturated carbocycles. The van der Waals surface area contributed by atoms with E-state index in [4.69, 9.17) is 4.74 Å². The van der Waals surface area contributed by atoms with Crippen LogP contribution in [0.1, 0.15) is 25.7 Å². The molecule has 88 valence electrons. The Morgan fingerprint density at radius 3 is 2.47 bits per heavy atom. The van der Waals surface area contributed by atoms with Crippen molar-refractivity contribution in [3.63, 3.8) is 0 Å². The number of ether oxygens (including phenoxy) is 1. The Bertz CT molecular complexity index is 192. The van der Waals surface area contributed by atoms with Gasteiger partial charge in [-0.05, 0) is 52.2 Å². The van der Waals surface area contributed by atoms with E-state index < -0.39 is 0 Å². The first kappa shape index (κ1) is 11.4. The van der Waals surface area contributed by atoms with Gasteiger partial charge in [-0.3, -0.25) is 4.90 Å². The number of hydrogen-bond acceptors (Lipinski definition) is 3. The molecule has 0 aromatic rings. The predicted octanol–water partition coefficient (Wildman–Crippen LogP) is 1.10. The van der Waals surface area contributed by atoms with Crippen LogP contribution in [0.25, 0.3) is 0 Å². The summed E-state index contributed by atoms with van der Waals surface area (Å²) in [4.78, 5) is 2.62. The van der Waals surface area contributed by atoms with Gasteiger partial charge in [0.1, 0.15) is 0 Å². The van der Waals surface area contributed by atoms with E-state index in [1.165, 1.54) is 32.2 Å². The van der Waals surface area contributed by atoms with Crippen molar-refractivity contribution in [1.82, 2.24) is 10.2 Å². The van der Waals surface area contributed by atoms with Crippen LogP contribution in [-0.2, 0) is 4.74 Å². The molecule has 3 heteroatoms. The van der Waals surface area contributed by atoms with Gasteiger partial charge in [0.05, 0.1) is 0 Å². The first-order valence-electron chi connectivity index (χ1n) is 6.27. The Labute approximate surface area is 93.2 Å². The van der Waals surface area contributed by atoms with Gasteiger partial charge >= 0.3 is 0 Å². The number of nitrogens with zero attached hydrogens (tertiary/aromatic N) is 1. The van der Waals surface area contributed by atoms with Gasteiger partial charge in [0.15, 0.2) is 0 Å². The van der Waals surface area contributed by atoms with Crippen LogP contribution in [0.4, 0.5) is 0 Å². The predicted molar refractivity (Wildman–Crippen MR) is 62.0 cm³/mol. The average Bonchev–Trinajstić information content (AvgIpc) is 2.25. The van der Waals surface area contributed by atoms with Gasteiger partial charge in [0.2, 0.25) is 0 Å². The number of hydrogen-bond donors (Lipinski definition) is 1. The zero-order chi connectivity index (χ0) is 10.7. The first-order chi connectivity index (χ1) is 7.33. The molecule has 0 radical (unpaired) electrons. The molecule has 0 aromatic carbocycles. The lowest BCUT2D eigenvalue weighted by Crippen LogP contribution is -2.53. The quantitative estimate of drug-likeness (QED) is 0.755. The van der Waals surface area contributed by atoms with Gasteiger partial charge < -0.3 is 10.1 Å². The van der Waals surface area contributed by atoms with Crippen LogP contribution in [0.2, 0.25) is 0 Å². The number of nitrogens with one attached hydrogen (secondary N) is 1. The summed E-state index contributed by atoms with van der Waals surface area (Å²) in [5.74, 6) is 0.878. The fraction of sp³-hybridized carbons (Fsp3) is 1.00. The largest absolute Gasteiger partial charge is 0.381 e. The third-order valence-corrected chi connectivity index (χ3v) is 4.13. The van der Waals surface area contributed by atoms with Gasteiger partial charge in [0, 0.05) is 25.3 Å². The molecule has 1 heterocycles. The van der Waals surface area contributed by atoms with E-state index in [-0.39, 0.29) is 0 Å². The molecule has 1 saturated heterocycles. The molecule has 1 N–H and O–H groups in total. The van der Waals surface area contributed by atoms with E-state index in [0.29, 0.717) is 0 Å². The fourth-order valence-corrected chi connectivity index (χ4v) is 2.95. The van der Waals surface area contributed by atoms with Crippen LogP contribution in [0.15, 0.2) is 0 Å². The molecule has 3 nitrogen and oxygen atoms in total. The molecular weight excluding hydrogens is 188 g/mol. The standard InChI is InChI=1S/C12H24N2O/c1-13-9-10-3-4-12(10)14(2)11-5-7-15-8-6-11/h10-13H,3-9H2,1-2H3. The summed E-state index contributed by atoms with van der Waals surface area (Å²) in [5.41, 5.74) is 0. The maximum Gasteiger partial charge on any atom is 0.0480 e. The molecule has 0 bridgehead atoms. The van der Waals surface area contributed by atoms with Crippen molar-refractivity contribution in [3.8, 4) is 0 Å². The third-order valence-electron chi connectivity index (χ3n) is 4.13. The summed E-state index contributed by atoms with van der Waals surface area (Å²) in [6.07, 6.45) is 5.23. The maximum atomic E-state index is 5.42. The van der Waals surface area contributed by atoms with Crippen molar-refractivity contribution >= 4 is 0 Å². The summed E-state index contributed by atoms with van der Waals surface area (Å²) < 4.78 is 5.42. The van der Waals surface area contributed by atoms with Gasteiger partial charge in [-0.1, -0.05) is 0 Å². The molecular formula is C12H24N2O. The Morgan fingerprint density at radius 2 is 1.93 bits per heavy atom. The minimum Gasteiger partial charge on any atom is -0.381 e. The summed E-state index contributed by atoms with van der Waals surface area (Å²) in [5, 5.41) is 3.31. The molecule has 2 atom stereocenters. The van der Waals surface area contributed by atoms with E-state index in [1.54, 1.807) is 0 Å². The molecule has 2 rings (SSSR count). The van der Waals surface area contributed by atoms with Crippen LogP contribution >= 0.6 is 0 Å². The summed E-state index contributed by atoms with van der Waals surface area (Å²) >= 11 is 0. The van der Waals surface area contributed by atoms with Gasteiger partial charge in [-0.2, -0.15) is 0 Å². The summed E-state index contributed by atoms with van der Waals surface area (Å²) in [6, 6.07) is 1.59. The summed E-state index contributed by atoms with van der Waals surface area (Å²) in [7, 11) is 4.37. The smallest absolute Gasteiger partial charge is 0.0480 e. The number of rotatable bonds is 4. The highest BCUT2D eigenvalue weighted by molar-refractivity contribution is 4.91. The lowest BCUT2D eigenvalue weighted by molar-refractivity contribution is -0.00814. The minimum atomic E-state index is 0.767. The van der Waals surface area contributed by atoms with Crippen molar-refractivity contribution in [2.24, 2.45) is 5.92 Å². The van der Waals surface area contributed by atoms with Gasteiger partial charge in [-0.25, -0.2) is 0 Å². The molecule has 1 aliphatic carbocycles. The molecule has 2 aliphatic rings. The molecule has 1 aliphatic heterocycles. The maximum absolute atomic E-state index is 5.42. The minimum absolute atomic E-state index is 0.767. The zero-order valence-electron chi connectivity index (χ0n) is 10.0. The molecule has 0 spiro atoms. The van der Waals surface area contributed by atoms with Crippen LogP contribution in [0, 0.1) is 5.92 Å². The lowest BCUT2D eigenvalue weighted by Gasteiger charge is -2.47. The Hall–Kier alpha value is -0.120. The van der Waals surface area contributed by atoms with Crippen LogP contribution < -0.4 is 5.32 Å². The lowest BCUT2D eigenvalue weighted by atomic mass is 9.77. The molecule has 2 fully saturated rings. The zero-order valence-corrected chi connectivity index (χ0v) is 10.0. The van der Waals surface area contributed by atoms with Crippen molar-refractivity contribution in [1.29, 1.82) is 0 Å². The van der Waals surface area contributed by atoms with Crippen molar-refractivity contribution in [2.75, 3.05) is 33.9 Å². The highest BCUT2D eigenvalue weighted by atomic mass is 16.5. The van der Waals surface area contributed by atoms with Gasteiger partial charge in [0.25, 0.3) is 0 Å². The first-order valence-corrected chi connectivity index (χ1v) is 6.27. The van der Waals surface area contributed by atoms with E-state index in [9.17, 15) is 0 Å². The molecule has 0 amide bonds. The van der Waals surface area contributed by atoms with E-state index in [0.717, 1.165) is 31.2 Å². The van der Waals surface area contributed by atoms with Crippen molar-refractivity contribution < 1.29 is 4.74 Å². The van der Waals surface area contributed by atoms with E-state index in [1.807, 2.05) is 0 Å². The van der Waals surface area contributed by atoms with Crippen LogP contribution in [0.3, 0.4) is 0 Å². The topological polar surface area (TPSA) is 24.5 Å². The highest BCUT2D eigenvalue weighted by Gasteiger charge is 2.36. The molecule has 2 unspecified atom stereocenters. The van der Waals surface area contributed by atoms with Crippen LogP contribution in [-0.4, -0.2) is 50.8 Å². The normalized spacial score (nSPS) is 33.0. The Balaban J connectivity index is 1.81. The van der Waals surface area contributed by atoms with E-state index >= 15 is 0 Å². The SMILES string of the molecule is CNCC1CCC1N(C)C1CCOCC1. The fourth-order valence-electron chi connectivity index (χ4n) is 2.95. The van der Waals surface area contributed by atoms with Gasteiger partial charge in [-0.15, -0.1) is 0 Å². The highest BCUT2D eigenvalue weighted by Crippen LogP contribution is 2.33. The monoisotopic (exact) mass is 212 g/mol. The van der Waals surface area contributed by atoms with Crippen molar-refractivity contribution in [2.45, 2.75) is 37.8 Å². The van der Waals surface area contributed by atoms with Crippen LogP contribution in [0.5, 0.6) is 0 Å². The van der Waals surface area contributed by atoms with E-state index in [2.05, 4.69) is 24.3 Å². The Morgan fingerprint density at radius 1 is 1.20 bits per heavy atom. The average molecular weight is 212 g/mol. The molecule has 0 aromatic heterocycles. The molecule has 15 heavy (non-hydrogen) atoms. The summed E-state index contributed by atoms with van der Waals surface area (Å²) in [6.45, 7) is 3.09. The Kier molecular flexibility index (Phi) is 4.00. The second kappa shape index (κ2) is 5.28. The second-order valence-corrected chi connectivity index (χ2v) is 4.97. The third kappa shape index (κ3) is 2.52. The second-order valence-electron chi connectivity index (χ2n) is 4.97. The van der Waals surface area contributed by atoms with Crippen molar-refractivity contribution in [3.05, 3.63) is 0 Å².